The zero-order chi connectivity index (χ0) is 18.9. The van der Waals surface area contributed by atoms with Gasteiger partial charge in [-0.15, -0.1) is 0 Å². The molecule has 0 N–H and O–H groups in total. The number of ether oxygens (including phenoxy) is 3. The fraction of sp³-hybridized carbons (Fsp3) is 0.0909. The van der Waals surface area contributed by atoms with Gasteiger partial charge in [0.1, 0.15) is 17.1 Å². The normalized spacial score (nSPS) is 12.8. The summed E-state index contributed by atoms with van der Waals surface area (Å²) in [5.74, 6) is 3.06. The standard InChI is InChI=1S/C22H17N3O3/c1-26-17-8-6-16(7-9-17)21-22(25-11-3-2-4-20(25)24-21)23-13-15-5-10-18-19(12-15)28-14-27-18/h2-13H,14H2,1H3. The third-order valence-electron chi connectivity index (χ3n) is 4.60. The van der Waals surface area contributed by atoms with Gasteiger partial charge in [0.15, 0.2) is 17.3 Å². The maximum atomic E-state index is 5.45. The van der Waals surface area contributed by atoms with E-state index >= 15 is 0 Å². The van der Waals surface area contributed by atoms with Crippen molar-refractivity contribution in [3.05, 3.63) is 72.4 Å². The van der Waals surface area contributed by atoms with E-state index in [4.69, 9.17) is 24.2 Å². The van der Waals surface area contributed by atoms with Crippen LogP contribution in [0.4, 0.5) is 5.82 Å². The number of aromatic nitrogens is 2. The molecule has 3 heterocycles. The van der Waals surface area contributed by atoms with Crippen LogP contribution in [0, 0.1) is 0 Å². The van der Waals surface area contributed by atoms with Crippen LogP contribution in [-0.4, -0.2) is 29.5 Å². The van der Waals surface area contributed by atoms with Gasteiger partial charge in [0.05, 0.1) is 7.11 Å². The summed E-state index contributed by atoms with van der Waals surface area (Å²) in [4.78, 5) is 9.53. The largest absolute Gasteiger partial charge is 0.497 e. The highest BCUT2D eigenvalue weighted by Crippen LogP contribution is 2.34. The molecule has 6 nitrogen and oxygen atoms in total. The van der Waals surface area contributed by atoms with Crippen LogP contribution < -0.4 is 14.2 Å². The van der Waals surface area contributed by atoms with Crippen LogP contribution in [0.25, 0.3) is 16.9 Å². The van der Waals surface area contributed by atoms with Gasteiger partial charge in [-0.3, -0.25) is 4.40 Å². The van der Waals surface area contributed by atoms with Crippen molar-refractivity contribution in [2.24, 2.45) is 4.99 Å². The lowest BCUT2D eigenvalue weighted by molar-refractivity contribution is 0.174. The van der Waals surface area contributed by atoms with Crippen molar-refractivity contribution in [1.29, 1.82) is 0 Å². The molecule has 0 atom stereocenters. The first-order chi connectivity index (χ1) is 13.8. The van der Waals surface area contributed by atoms with Gasteiger partial charge < -0.3 is 14.2 Å². The molecule has 1 aliphatic rings. The number of benzene rings is 2. The lowest BCUT2D eigenvalue weighted by atomic mass is 10.1. The van der Waals surface area contributed by atoms with E-state index in [2.05, 4.69) is 0 Å². The summed E-state index contributed by atoms with van der Waals surface area (Å²) in [5, 5.41) is 0. The van der Waals surface area contributed by atoms with E-state index in [1.54, 1.807) is 7.11 Å². The van der Waals surface area contributed by atoms with Gasteiger partial charge in [0, 0.05) is 18.0 Å². The Kier molecular flexibility index (Phi) is 3.94. The maximum absolute atomic E-state index is 5.45. The van der Waals surface area contributed by atoms with Crippen LogP contribution in [0.3, 0.4) is 0 Å². The molecule has 0 unspecified atom stereocenters. The van der Waals surface area contributed by atoms with Gasteiger partial charge in [0.25, 0.3) is 0 Å². The van der Waals surface area contributed by atoms with Crippen LogP contribution in [0.2, 0.25) is 0 Å². The topological polar surface area (TPSA) is 57.4 Å². The summed E-state index contributed by atoms with van der Waals surface area (Å²) >= 11 is 0. The van der Waals surface area contributed by atoms with Gasteiger partial charge in [-0.05, 0) is 60.2 Å². The quantitative estimate of drug-likeness (QED) is 0.496. The predicted molar refractivity (Wildman–Crippen MR) is 107 cm³/mol. The zero-order valence-electron chi connectivity index (χ0n) is 15.2. The van der Waals surface area contributed by atoms with E-state index in [-0.39, 0.29) is 6.79 Å². The van der Waals surface area contributed by atoms with E-state index in [9.17, 15) is 0 Å². The summed E-state index contributed by atoms with van der Waals surface area (Å²) in [5.41, 5.74) is 3.55. The highest BCUT2D eigenvalue weighted by molar-refractivity contribution is 5.86. The molecule has 0 saturated heterocycles. The minimum atomic E-state index is 0.255. The van der Waals surface area contributed by atoms with Crippen molar-refractivity contribution in [2.75, 3.05) is 13.9 Å². The summed E-state index contributed by atoms with van der Waals surface area (Å²) in [7, 11) is 1.65. The fourth-order valence-electron chi connectivity index (χ4n) is 3.18. The molecule has 6 heteroatoms. The second kappa shape index (κ2) is 6.74. The highest BCUT2D eigenvalue weighted by Gasteiger charge is 2.15. The van der Waals surface area contributed by atoms with Gasteiger partial charge >= 0.3 is 0 Å². The number of pyridine rings is 1. The molecule has 1 aliphatic heterocycles. The van der Waals surface area contributed by atoms with Crippen molar-refractivity contribution in [3.63, 3.8) is 0 Å². The van der Waals surface area contributed by atoms with Crippen LogP contribution in [-0.2, 0) is 0 Å². The van der Waals surface area contributed by atoms with Crippen molar-refractivity contribution < 1.29 is 14.2 Å². The van der Waals surface area contributed by atoms with Gasteiger partial charge in [-0.2, -0.15) is 0 Å². The van der Waals surface area contributed by atoms with E-state index in [1.807, 2.05) is 77.5 Å². The number of fused-ring (bicyclic) bond motifs is 2. The Morgan fingerprint density at radius 2 is 1.89 bits per heavy atom. The molecule has 0 spiro atoms. The summed E-state index contributed by atoms with van der Waals surface area (Å²) < 4.78 is 18.0. The van der Waals surface area contributed by atoms with Crippen molar-refractivity contribution in [2.45, 2.75) is 0 Å². The van der Waals surface area contributed by atoms with Crippen molar-refractivity contribution in [1.82, 2.24) is 9.38 Å². The molecule has 138 valence electrons. The molecule has 0 fully saturated rings. The minimum absolute atomic E-state index is 0.255. The number of hydrogen-bond donors (Lipinski definition) is 0. The van der Waals surface area contributed by atoms with Crippen LogP contribution in [0.15, 0.2) is 71.9 Å². The molecule has 0 saturated carbocycles. The molecule has 0 amide bonds. The minimum Gasteiger partial charge on any atom is -0.497 e. The Bertz CT molecular complexity index is 1180. The lowest BCUT2D eigenvalue weighted by Crippen LogP contribution is -1.92. The zero-order valence-corrected chi connectivity index (χ0v) is 15.2. The van der Waals surface area contributed by atoms with Crippen molar-refractivity contribution in [3.8, 4) is 28.5 Å². The second-order valence-corrected chi connectivity index (χ2v) is 6.31. The molecule has 4 aromatic rings. The Morgan fingerprint density at radius 3 is 2.75 bits per heavy atom. The lowest BCUT2D eigenvalue weighted by Gasteiger charge is -2.03. The molecule has 0 bridgehead atoms. The average Bonchev–Trinajstić information content (AvgIpc) is 3.36. The molecule has 28 heavy (non-hydrogen) atoms. The monoisotopic (exact) mass is 371 g/mol. The first-order valence-electron chi connectivity index (χ1n) is 8.87. The Labute approximate surface area is 161 Å². The first-order valence-corrected chi connectivity index (χ1v) is 8.87. The number of rotatable bonds is 4. The highest BCUT2D eigenvalue weighted by atomic mass is 16.7. The third kappa shape index (κ3) is 2.85. The second-order valence-electron chi connectivity index (χ2n) is 6.31. The van der Waals surface area contributed by atoms with Gasteiger partial charge in [-0.25, -0.2) is 9.98 Å². The molecule has 0 radical (unpaired) electrons. The number of imidazole rings is 1. The predicted octanol–water partition coefficient (Wildman–Crippen LogP) is 4.49. The first kappa shape index (κ1) is 16.4. The van der Waals surface area contributed by atoms with E-state index in [0.717, 1.165) is 45.5 Å². The third-order valence-corrected chi connectivity index (χ3v) is 4.60. The molecule has 2 aromatic carbocycles. The Hall–Kier alpha value is -3.80. The SMILES string of the molecule is COc1ccc(-c2nc3ccccn3c2N=Cc2ccc3c(c2)OCO3)cc1. The van der Waals surface area contributed by atoms with E-state index < -0.39 is 0 Å². The van der Waals surface area contributed by atoms with E-state index in [0.29, 0.717) is 0 Å². The summed E-state index contributed by atoms with van der Waals surface area (Å²) in [6, 6.07) is 19.5. The maximum Gasteiger partial charge on any atom is 0.231 e. The molecular formula is C22H17N3O3. The number of methoxy groups -OCH3 is 1. The van der Waals surface area contributed by atoms with E-state index in [1.165, 1.54) is 0 Å². The van der Waals surface area contributed by atoms with Crippen LogP contribution >= 0.6 is 0 Å². The number of aliphatic imine (C=N–C) groups is 1. The number of hydrogen-bond acceptors (Lipinski definition) is 5. The van der Waals surface area contributed by atoms with Crippen LogP contribution in [0.1, 0.15) is 5.56 Å². The summed E-state index contributed by atoms with van der Waals surface area (Å²) in [6.07, 6.45) is 3.77. The molecular weight excluding hydrogens is 354 g/mol. The van der Waals surface area contributed by atoms with Crippen molar-refractivity contribution >= 4 is 17.7 Å². The average molecular weight is 371 g/mol. The van der Waals surface area contributed by atoms with Crippen LogP contribution in [0.5, 0.6) is 17.2 Å². The molecule has 5 rings (SSSR count). The molecule has 0 aliphatic carbocycles. The van der Waals surface area contributed by atoms with Gasteiger partial charge in [-0.1, -0.05) is 6.07 Å². The van der Waals surface area contributed by atoms with Gasteiger partial charge in [0.2, 0.25) is 6.79 Å². The Balaban J connectivity index is 1.59. The smallest absolute Gasteiger partial charge is 0.231 e. The molecule has 2 aromatic heterocycles. The fourth-order valence-corrected chi connectivity index (χ4v) is 3.18. The summed E-state index contributed by atoms with van der Waals surface area (Å²) in [6.45, 7) is 0.255. The number of nitrogens with zero attached hydrogens (tertiary/aromatic N) is 3. The Morgan fingerprint density at radius 1 is 1.04 bits per heavy atom.